The van der Waals surface area contributed by atoms with Gasteiger partial charge in [0.2, 0.25) is 0 Å². The molecule has 0 saturated heterocycles. The van der Waals surface area contributed by atoms with Crippen molar-refractivity contribution in [1.82, 2.24) is 0 Å². The summed E-state index contributed by atoms with van der Waals surface area (Å²) in [6.45, 7) is 0. The molecule has 1 radical (unpaired) electrons. The third-order valence-corrected chi connectivity index (χ3v) is 2.85. The fourth-order valence-electron chi connectivity index (χ4n) is 2.04. The first-order chi connectivity index (χ1) is 7.88. The van der Waals surface area contributed by atoms with Gasteiger partial charge in [-0.05, 0) is 27.6 Å². The Hall–Kier alpha value is -2.02. The van der Waals surface area contributed by atoms with Crippen molar-refractivity contribution in [2.75, 3.05) is 7.11 Å². The Morgan fingerprint density at radius 2 is 1.75 bits per heavy atom. The summed E-state index contributed by atoms with van der Waals surface area (Å²) in [4.78, 5) is 0. The van der Waals surface area contributed by atoms with Crippen molar-refractivity contribution in [3.63, 3.8) is 0 Å². The van der Waals surface area contributed by atoms with Gasteiger partial charge >= 0.3 is 0 Å². The summed E-state index contributed by atoms with van der Waals surface area (Å²) >= 11 is 0. The summed E-state index contributed by atoms with van der Waals surface area (Å²) in [6.07, 6.45) is 0. The molecule has 0 atom stereocenters. The molecule has 3 rings (SSSR count). The zero-order chi connectivity index (χ0) is 11.0. The molecule has 3 aromatic carbocycles. The number of hydrogen-bond donors (Lipinski definition) is 0. The Morgan fingerprint density at radius 3 is 2.62 bits per heavy atom. The van der Waals surface area contributed by atoms with Crippen LogP contribution in [0.1, 0.15) is 0 Å². The van der Waals surface area contributed by atoms with Gasteiger partial charge in [-0.15, -0.1) is 0 Å². The van der Waals surface area contributed by atoms with Gasteiger partial charge in [0.1, 0.15) is 5.75 Å². The summed E-state index contributed by atoms with van der Waals surface area (Å²) in [7, 11) is 1.67. The second kappa shape index (κ2) is 3.53. The lowest BCUT2D eigenvalue weighted by atomic mass is 10.0. The summed E-state index contributed by atoms with van der Waals surface area (Å²) < 4.78 is 5.18. The van der Waals surface area contributed by atoms with Crippen molar-refractivity contribution in [1.29, 1.82) is 0 Å². The maximum absolute atomic E-state index is 5.18. The van der Waals surface area contributed by atoms with Crippen LogP contribution in [0.25, 0.3) is 21.5 Å². The average Bonchev–Trinajstić information content (AvgIpc) is 2.38. The van der Waals surface area contributed by atoms with Crippen LogP contribution in [0.15, 0.2) is 48.5 Å². The predicted octanol–water partition coefficient (Wildman–Crippen LogP) is 3.80. The maximum Gasteiger partial charge on any atom is 0.127 e. The van der Waals surface area contributed by atoms with Gasteiger partial charge in [0.05, 0.1) is 7.11 Å². The highest BCUT2D eigenvalue weighted by Gasteiger charge is 2.01. The van der Waals surface area contributed by atoms with Crippen molar-refractivity contribution in [2.24, 2.45) is 0 Å². The predicted molar refractivity (Wildman–Crippen MR) is 66.8 cm³/mol. The first-order valence-corrected chi connectivity index (χ1v) is 5.26. The lowest BCUT2D eigenvalue weighted by molar-refractivity contribution is 0.414. The van der Waals surface area contributed by atoms with Gasteiger partial charge in [-0.2, -0.15) is 0 Å². The topological polar surface area (TPSA) is 9.23 Å². The molecule has 3 aromatic rings. The highest BCUT2D eigenvalue weighted by Crippen LogP contribution is 2.27. The quantitative estimate of drug-likeness (QED) is 0.551. The molecule has 0 aliphatic rings. The van der Waals surface area contributed by atoms with Crippen LogP contribution in [0.2, 0.25) is 0 Å². The number of hydrogen-bond acceptors (Lipinski definition) is 1. The van der Waals surface area contributed by atoms with Gasteiger partial charge in [0.25, 0.3) is 0 Å². The van der Waals surface area contributed by atoms with Crippen LogP contribution in [-0.4, -0.2) is 7.11 Å². The molecule has 0 unspecified atom stereocenters. The third-order valence-electron chi connectivity index (χ3n) is 2.85. The molecular weight excluding hydrogens is 196 g/mol. The molecular formula is C15H11O. The Balaban J connectivity index is 2.43. The van der Waals surface area contributed by atoms with E-state index in [2.05, 4.69) is 48.5 Å². The van der Waals surface area contributed by atoms with Crippen molar-refractivity contribution < 1.29 is 4.74 Å². The number of benzene rings is 3. The van der Waals surface area contributed by atoms with Gasteiger partial charge in [-0.25, -0.2) is 0 Å². The molecule has 0 heterocycles. The van der Waals surface area contributed by atoms with Gasteiger partial charge in [-0.3, -0.25) is 0 Å². The monoisotopic (exact) mass is 207 g/mol. The van der Waals surface area contributed by atoms with Crippen LogP contribution in [0.3, 0.4) is 0 Å². The fraction of sp³-hybridized carbons (Fsp3) is 0.0667. The normalized spacial score (nSPS) is 10.8. The van der Waals surface area contributed by atoms with Crippen molar-refractivity contribution >= 4 is 21.5 Å². The Kier molecular flexibility index (Phi) is 2.03. The van der Waals surface area contributed by atoms with E-state index < -0.39 is 0 Å². The minimum atomic E-state index is 0.780. The van der Waals surface area contributed by atoms with Crippen LogP contribution in [0.4, 0.5) is 0 Å². The van der Waals surface area contributed by atoms with Crippen LogP contribution in [-0.2, 0) is 0 Å². The minimum absolute atomic E-state index is 0.780. The van der Waals surface area contributed by atoms with Crippen LogP contribution in [0, 0.1) is 6.07 Å². The first-order valence-electron chi connectivity index (χ1n) is 5.26. The molecule has 0 aliphatic carbocycles. The maximum atomic E-state index is 5.18. The molecule has 0 N–H and O–H groups in total. The van der Waals surface area contributed by atoms with E-state index in [9.17, 15) is 0 Å². The SMILES string of the molecule is COc1[c]c2ccc3ccccc3c2cc1. The highest BCUT2D eigenvalue weighted by molar-refractivity contribution is 6.07. The molecule has 0 amide bonds. The Bertz CT molecular complexity index is 656. The smallest absolute Gasteiger partial charge is 0.127 e. The van der Waals surface area contributed by atoms with Crippen LogP contribution >= 0.6 is 0 Å². The number of fused-ring (bicyclic) bond motifs is 3. The zero-order valence-corrected chi connectivity index (χ0v) is 9.03. The summed E-state index contributed by atoms with van der Waals surface area (Å²) in [5.41, 5.74) is 0. The lowest BCUT2D eigenvalue weighted by Crippen LogP contribution is -1.83. The van der Waals surface area contributed by atoms with E-state index in [0.717, 1.165) is 11.1 Å². The van der Waals surface area contributed by atoms with E-state index in [1.165, 1.54) is 16.2 Å². The number of ether oxygens (including phenoxy) is 1. The van der Waals surface area contributed by atoms with Gasteiger partial charge in [0.15, 0.2) is 0 Å². The summed E-state index contributed by atoms with van der Waals surface area (Å²) in [5, 5.41) is 4.84. The molecule has 1 heteroatoms. The van der Waals surface area contributed by atoms with Gasteiger partial charge in [-0.1, -0.05) is 42.5 Å². The summed E-state index contributed by atoms with van der Waals surface area (Å²) in [5.74, 6) is 0.780. The van der Waals surface area contributed by atoms with Gasteiger partial charge < -0.3 is 4.74 Å². The van der Waals surface area contributed by atoms with Crippen molar-refractivity contribution in [3.8, 4) is 5.75 Å². The molecule has 77 valence electrons. The van der Waals surface area contributed by atoms with E-state index >= 15 is 0 Å². The fourth-order valence-corrected chi connectivity index (χ4v) is 2.04. The van der Waals surface area contributed by atoms with Crippen molar-refractivity contribution in [3.05, 3.63) is 54.6 Å². The zero-order valence-electron chi connectivity index (χ0n) is 9.03. The van der Waals surface area contributed by atoms with Crippen LogP contribution in [0.5, 0.6) is 5.75 Å². The largest absolute Gasteiger partial charge is 0.496 e. The molecule has 1 nitrogen and oxygen atoms in total. The first kappa shape index (κ1) is 9.22. The molecule has 0 aromatic heterocycles. The molecule has 0 spiro atoms. The lowest BCUT2D eigenvalue weighted by Gasteiger charge is -2.05. The van der Waals surface area contributed by atoms with Gasteiger partial charge in [0, 0.05) is 6.07 Å². The molecule has 0 saturated carbocycles. The highest BCUT2D eigenvalue weighted by atomic mass is 16.5. The standard InChI is InChI=1S/C15H11O/c1-16-13-8-9-15-12(10-13)7-6-11-4-2-3-5-14(11)15/h2-9H,1H3. The molecule has 0 fully saturated rings. The summed E-state index contributed by atoms with van der Waals surface area (Å²) in [6, 6.07) is 19.9. The van der Waals surface area contributed by atoms with E-state index in [4.69, 9.17) is 4.74 Å². The molecule has 16 heavy (non-hydrogen) atoms. The second-order valence-electron chi connectivity index (χ2n) is 3.77. The third kappa shape index (κ3) is 1.33. The van der Waals surface area contributed by atoms with Crippen LogP contribution < -0.4 is 4.74 Å². The minimum Gasteiger partial charge on any atom is -0.496 e. The van der Waals surface area contributed by atoms with E-state index in [0.29, 0.717) is 0 Å². The van der Waals surface area contributed by atoms with E-state index in [-0.39, 0.29) is 0 Å². The molecule has 0 bridgehead atoms. The average molecular weight is 207 g/mol. The Morgan fingerprint density at radius 1 is 0.875 bits per heavy atom. The number of methoxy groups -OCH3 is 1. The second-order valence-corrected chi connectivity index (χ2v) is 3.77. The molecule has 0 aliphatic heterocycles. The van der Waals surface area contributed by atoms with E-state index in [1.54, 1.807) is 7.11 Å². The number of rotatable bonds is 1. The van der Waals surface area contributed by atoms with E-state index in [1.807, 2.05) is 6.07 Å². The Labute approximate surface area is 94.3 Å². The van der Waals surface area contributed by atoms with Crippen molar-refractivity contribution in [2.45, 2.75) is 0 Å².